The molecule has 2 rings (SSSR count). The monoisotopic (exact) mass is 357 g/mol. The molecular weight excluding hydrogens is 338 g/mol. The van der Waals surface area contributed by atoms with Gasteiger partial charge in [0.25, 0.3) is 0 Å². The molecule has 0 N–H and O–H groups in total. The molecule has 0 aliphatic heterocycles. The van der Waals surface area contributed by atoms with Crippen molar-refractivity contribution in [3.63, 3.8) is 0 Å². The van der Waals surface area contributed by atoms with Gasteiger partial charge in [-0.1, -0.05) is 30.7 Å². The lowest BCUT2D eigenvalue weighted by atomic mass is 10.0. The van der Waals surface area contributed by atoms with Crippen LogP contribution in [0.5, 0.6) is 11.6 Å². The molecule has 0 amide bonds. The molecule has 2 aromatic rings. The van der Waals surface area contributed by atoms with Gasteiger partial charge in [0.15, 0.2) is 5.78 Å². The topological polar surface area (TPSA) is 56.3 Å². The van der Waals surface area contributed by atoms with Crippen molar-refractivity contribution < 1.29 is 14.3 Å². The third-order valence-electron chi connectivity index (χ3n) is 3.54. The summed E-state index contributed by atoms with van der Waals surface area (Å²) in [7, 11) is 0. The Morgan fingerprint density at radius 2 is 2.00 bits per heavy atom. The maximum atomic E-state index is 11.3. The summed E-state index contributed by atoms with van der Waals surface area (Å²) in [6, 6.07) is 8.50. The van der Waals surface area contributed by atoms with Gasteiger partial charge in [0.05, 0.1) is 5.02 Å². The van der Waals surface area contributed by atoms with Crippen molar-refractivity contribution in [2.24, 2.45) is 5.92 Å². The van der Waals surface area contributed by atoms with E-state index in [2.05, 4.69) is 4.98 Å². The van der Waals surface area contributed by atoms with Crippen molar-refractivity contribution in [3.05, 3.63) is 58.8 Å². The van der Waals surface area contributed by atoms with Crippen LogP contribution in [0.25, 0.3) is 6.08 Å². The van der Waals surface area contributed by atoms with Gasteiger partial charge in [0.2, 0.25) is 5.88 Å². The summed E-state index contributed by atoms with van der Waals surface area (Å²) in [6.07, 6.45) is 6.12. The zero-order valence-corrected chi connectivity index (χ0v) is 15.2. The fourth-order valence-corrected chi connectivity index (χ4v) is 2.48. The molecule has 1 aromatic carbocycles. The Balaban J connectivity index is 2.04. The molecule has 1 aromatic heterocycles. The van der Waals surface area contributed by atoms with Crippen LogP contribution in [-0.2, 0) is 4.79 Å². The summed E-state index contributed by atoms with van der Waals surface area (Å²) in [6.45, 7) is 5.07. The molecule has 0 spiro atoms. The van der Waals surface area contributed by atoms with E-state index < -0.39 is 0 Å². The Kier molecular flexibility index (Phi) is 6.48. The van der Waals surface area contributed by atoms with Gasteiger partial charge in [0.1, 0.15) is 11.5 Å². The molecule has 0 aliphatic carbocycles. The van der Waals surface area contributed by atoms with Crippen molar-refractivity contribution >= 4 is 29.2 Å². The van der Waals surface area contributed by atoms with Crippen LogP contribution in [0.4, 0.5) is 0 Å². The van der Waals surface area contributed by atoms with Crippen LogP contribution in [0.3, 0.4) is 0 Å². The number of hydrogen-bond acceptors (Lipinski definition) is 4. The number of pyridine rings is 1. The number of rotatable bonds is 7. The highest BCUT2D eigenvalue weighted by Gasteiger charge is 2.08. The van der Waals surface area contributed by atoms with Gasteiger partial charge in [0, 0.05) is 24.2 Å². The molecule has 1 atom stereocenters. The predicted octanol–water partition coefficient (Wildman–Crippen LogP) is 5.36. The first kappa shape index (κ1) is 18.9. The van der Waals surface area contributed by atoms with Crippen LogP contribution in [0, 0.1) is 5.92 Å². The summed E-state index contributed by atoms with van der Waals surface area (Å²) in [4.78, 5) is 26.7. The highest BCUT2D eigenvalue weighted by atomic mass is 35.5. The van der Waals surface area contributed by atoms with Crippen LogP contribution in [0.1, 0.15) is 43.1 Å². The predicted molar refractivity (Wildman–Crippen MR) is 99.3 cm³/mol. The van der Waals surface area contributed by atoms with Crippen LogP contribution in [0.15, 0.2) is 42.6 Å². The molecule has 4 nitrogen and oxygen atoms in total. The number of carbonyl (C=O) groups excluding carboxylic acids is 2. The second-order valence-corrected chi connectivity index (χ2v) is 6.38. The number of carbonyl (C=O) groups is 2. The quantitative estimate of drug-likeness (QED) is 0.626. The molecule has 0 bridgehead atoms. The molecule has 130 valence electrons. The molecule has 0 fully saturated rings. The van der Waals surface area contributed by atoms with Gasteiger partial charge in [-0.05, 0) is 49.6 Å². The SMILES string of the molecule is CC(=O)C[C@@H](C)/C=C/c1ccc(Oc2ccc(C(C)=O)cc2Cl)nc1. The van der Waals surface area contributed by atoms with E-state index in [4.69, 9.17) is 16.3 Å². The summed E-state index contributed by atoms with van der Waals surface area (Å²) >= 11 is 6.14. The fourth-order valence-electron chi connectivity index (χ4n) is 2.26. The Labute approximate surface area is 152 Å². The number of nitrogens with zero attached hydrogens (tertiary/aromatic N) is 1. The average Bonchev–Trinajstić information content (AvgIpc) is 2.55. The van der Waals surface area contributed by atoms with Crippen molar-refractivity contribution in [1.29, 1.82) is 0 Å². The van der Waals surface area contributed by atoms with Gasteiger partial charge < -0.3 is 9.53 Å². The normalized spacial score (nSPS) is 12.2. The summed E-state index contributed by atoms with van der Waals surface area (Å²) in [5, 5.41) is 0.358. The van der Waals surface area contributed by atoms with Crippen LogP contribution < -0.4 is 4.74 Å². The van der Waals surface area contributed by atoms with E-state index in [0.717, 1.165) is 5.56 Å². The van der Waals surface area contributed by atoms with E-state index in [1.165, 1.54) is 6.92 Å². The number of aromatic nitrogens is 1. The van der Waals surface area contributed by atoms with Crippen LogP contribution in [-0.4, -0.2) is 16.6 Å². The first-order valence-corrected chi connectivity index (χ1v) is 8.35. The third kappa shape index (κ3) is 5.84. The fraction of sp³-hybridized carbons (Fsp3) is 0.250. The molecular formula is C20H20ClNO3. The molecule has 0 radical (unpaired) electrons. The number of benzene rings is 1. The molecule has 0 unspecified atom stereocenters. The first-order valence-electron chi connectivity index (χ1n) is 7.97. The van der Waals surface area contributed by atoms with E-state index in [9.17, 15) is 9.59 Å². The lowest BCUT2D eigenvalue weighted by molar-refractivity contribution is -0.117. The lowest BCUT2D eigenvalue weighted by Gasteiger charge is -2.08. The minimum Gasteiger partial charge on any atom is -0.437 e. The van der Waals surface area contributed by atoms with E-state index in [1.54, 1.807) is 37.4 Å². The highest BCUT2D eigenvalue weighted by Crippen LogP contribution is 2.29. The number of ether oxygens (including phenoxy) is 1. The largest absolute Gasteiger partial charge is 0.437 e. The summed E-state index contributed by atoms with van der Waals surface area (Å²) in [5.41, 5.74) is 1.45. The summed E-state index contributed by atoms with van der Waals surface area (Å²) in [5.74, 6) is 1.16. The van der Waals surface area contributed by atoms with Gasteiger partial charge in [-0.3, -0.25) is 4.79 Å². The van der Waals surface area contributed by atoms with E-state index in [1.807, 2.05) is 25.1 Å². The Morgan fingerprint density at radius 1 is 1.24 bits per heavy atom. The second-order valence-electron chi connectivity index (χ2n) is 5.98. The van der Waals surface area contributed by atoms with Gasteiger partial charge in [-0.2, -0.15) is 0 Å². The highest BCUT2D eigenvalue weighted by molar-refractivity contribution is 6.32. The molecule has 5 heteroatoms. The number of Topliss-reactive ketones (excluding diaryl/α,β-unsaturated/α-hetero) is 2. The summed E-state index contributed by atoms with van der Waals surface area (Å²) < 4.78 is 5.65. The van der Waals surface area contributed by atoms with Crippen LogP contribution >= 0.6 is 11.6 Å². The van der Waals surface area contributed by atoms with Crippen LogP contribution in [0.2, 0.25) is 5.02 Å². The minimum atomic E-state index is -0.0540. The zero-order chi connectivity index (χ0) is 18.4. The molecule has 25 heavy (non-hydrogen) atoms. The van der Waals surface area contributed by atoms with Gasteiger partial charge in [-0.15, -0.1) is 0 Å². The van der Waals surface area contributed by atoms with Gasteiger partial charge in [-0.25, -0.2) is 4.98 Å². The Bertz CT molecular complexity index is 797. The number of halogens is 1. The molecule has 0 aliphatic rings. The lowest BCUT2D eigenvalue weighted by Crippen LogP contribution is -1.97. The van der Waals surface area contributed by atoms with Crippen molar-refractivity contribution in [2.75, 3.05) is 0 Å². The zero-order valence-electron chi connectivity index (χ0n) is 14.5. The minimum absolute atomic E-state index is 0.0540. The molecule has 0 saturated heterocycles. The number of hydrogen-bond donors (Lipinski definition) is 0. The maximum Gasteiger partial charge on any atom is 0.219 e. The molecule has 1 heterocycles. The smallest absolute Gasteiger partial charge is 0.219 e. The van der Waals surface area contributed by atoms with Crippen molar-refractivity contribution in [3.8, 4) is 11.6 Å². The molecule has 0 saturated carbocycles. The average molecular weight is 358 g/mol. The number of allylic oxidation sites excluding steroid dienone is 1. The maximum absolute atomic E-state index is 11.3. The number of ketones is 2. The Hall–Kier alpha value is -2.46. The second kappa shape index (κ2) is 8.58. The standard InChI is InChI=1S/C20H20ClNO3/c1-13(10-14(2)23)4-5-16-6-9-20(22-12-16)25-19-8-7-17(15(3)24)11-18(19)21/h4-9,11-13H,10H2,1-3H3/b5-4+/t13-/m0/s1. The third-order valence-corrected chi connectivity index (χ3v) is 3.83. The van der Waals surface area contributed by atoms with Gasteiger partial charge >= 0.3 is 0 Å². The van der Waals surface area contributed by atoms with Crippen molar-refractivity contribution in [2.45, 2.75) is 27.2 Å². The van der Waals surface area contributed by atoms with Crippen molar-refractivity contribution in [1.82, 2.24) is 4.98 Å². The van der Waals surface area contributed by atoms with E-state index >= 15 is 0 Å². The van der Waals surface area contributed by atoms with E-state index in [0.29, 0.717) is 28.6 Å². The Morgan fingerprint density at radius 3 is 2.56 bits per heavy atom. The first-order chi connectivity index (χ1) is 11.8. The van der Waals surface area contributed by atoms with E-state index in [-0.39, 0.29) is 17.5 Å².